The fourth-order valence-electron chi connectivity index (χ4n) is 3.39. The van der Waals surface area contributed by atoms with Gasteiger partial charge in [-0.05, 0) is 37.3 Å². The third kappa shape index (κ3) is 6.01. The molecule has 7 nitrogen and oxygen atoms in total. The highest BCUT2D eigenvalue weighted by Crippen LogP contribution is 2.18. The summed E-state index contributed by atoms with van der Waals surface area (Å²) in [6.07, 6.45) is 0. The molecule has 0 bridgehead atoms. The lowest BCUT2D eigenvalue weighted by atomic mass is 10.2. The average molecular weight is 414 g/mol. The number of hydrogen-bond donors (Lipinski definition) is 2. The van der Waals surface area contributed by atoms with Gasteiger partial charge in [0.15, 0.2) is 0 Å². The van der Waals surface area contributed by atoms with E-state index in [9.17, 15) is 14.0 Å². The fraction of sp³-hybridized carbons (Fsp3) is 0.364. The van der Waals surface area contributed by atoms with E-state index in [-0.39, 0.29) is 30.2 Å². The Kier molecular flexibility index (Phi) is 7.37. The van der Waals surface area contributed by atoms with Crippen LogP contribution in [0.15, 0.2) is 48.5 Å². The largest absolute Gasteiger partial charge is 0.497 e. The number of rotatable bonds is 7. The van der Waals surface area contributed by atoms with Crippen molar-refractivity contribution in [3.05, 3.63) is 54.3 Å². The van der Waals surface area contributed by atoms with Crippen LogP contribution in [0.25, 0.3) is 0 Å². The van der Waals surface area contributed by atoms with E-state index in [2.05, 4.69) is 15.5 Å². The summed E-state index contributed by atoms with van der Waals surface area (Å²) in [6, 6.07) is 12.8. The van der Waals surface area contributed by atoms with Crippen molar-refractivity contribution in [2.45, 2.75) is 13.0 Å². The molecule has 2 aromatic carbocycles. The number of amides is 2. The van der Waals surface area contributed by atoms with Gasteiger partial charge in [0.05, 0.1) is 19.7 Å². The molecule has 0 aliphatic carbocycles. The molecule has 1 saturated heterocycles. The average Bonchev–Trinajstić information content (AvgIpc) is 2.74. The SMILES string of the molecule is COc1cccc(NC(=O)[C@H](C)N2CCN(CC(=O)Nc3cccc(F)c3)CC2)c1. The highest BCUT2D eigenvalue weighted by atomic mass is 19.1. The number of carbonyl (C=O) groups is 2. The molecule has 0 saturated carbocycles. The summed E-state index contributed by atoms with van der Waals surface area (Å²) >= 11 is 0. The molecule has 2 aromatic rings. The molecule has 2 N–H and O–H groups in total. The summed E-state index contributed by atoms with van der Waals surface area (Å²) in [6.45, 7) is 4.82. The topological polar surface area (TPSA) is 73.9 Å². The first-order chi connectivity index (χ1) is 14.4. The van der Waals surface area contributed by atoms with Crippen LogP contribution in [0, 0.1) is 5.82 Å². The second-order valence-electron chi connectivity index (χ2n) is 7.27. The Morgan fingerprint density at radius 3 is 2.37 bits per heavy atom. The van der Waals surface area contributed by atoms with Crippen molar-refractivity contribution in [2.75, 3.05) is 50.5 Å². The summed E-state index contributed by atoms with van der Waals surface area (Å²) in [7, 11) is 1.58. The molecule has 1 aliphatic rings. The van der Waals surface area contributed by atoms with Crippen LogP contribution in [-0.4, -0.2) is 67.5 Å². The highest BCUT2D eigenvalue weighted by Gasteiger charge is 2.26. The molecular formula is C22H27FN4O3. The molecule has 30 heavy (non-hydrogen) atoms. The van der Waals surface area contributed by atoms with Crippen LogP contribution in [0.4, 0.5) is 15.8 Å². The van der Waals surface area contributed by atoms with Gasteiger partial charge in [0.1, 0.15) is 11.6 Å². The lowest BCUT2D eigenvalue weighted by molar-refractivity contribution is -0.122. The molecule has 1 aliphatic heterocycles. The van der Waals surface area contributed by atoms with Crippen molar-refractivity contribution in [2.24, 2.45) is 0 Å². The molecule has 8 heteroatoms. The minimum absolute atomic E-state index is 0.0828. The standard InChI is InChI=1S/C22H27FN4O3/c1-16(22(29)25-19-7-4-8-20(14-19)30-2)27-11-9-26(10-12-27)15-21(28)24-18-6-3-5-17(23)13-18/h3-8,13-14,16H,9-12,15H2,1-2H3,(H,24,28)(H,25,29)/t16-/m0/s1. The molecule has 3 rings (SSSR count). The Morgan fingerprint density at radius 2 is 1.70 bits per heavy atom. The molecular weight excluding hydrogens is 387 g/mol. The summed E-state index contributed by atoms with van der Waals surface area (Å²) in [4.78, 5) is 28.9. The van der Waals surface area contributed by atoms with Crippen molar-refractivity contribution >= 4 is 23.2 Å². The number of methoxy groups -OCH3 is 1. The Bertz CT molecular complexity index is 884. The lowest BCUT2D eigenvalue weighted by Gasteiger charge is -2.37. The Labute approximate surface area is 175 Å². The van der Waals surface area contributed by atoms with Crippen LogP contribution >= 0.6 is 0 Å². The van der Waals surface area contributed by atoms with Crippen molar-refractivity contribution in [3.63, 3.8) is 0 Å². The van der Waals surface area contributed by atoms with Gasteiger partial charge in [-0.2, -0.15) is 0 Å². The van der Waals surface area contributed by atoms with Gasteiger partial charge in [0, 0.05) is 43.6 Å². The normalized spacial score (nSPS) is 16.0. The van der Waals surface area contributed by atoms with Crippen molar-refractivity contribution < 1.29 is 18.7 Å². The first kappa shape index (κ1) is 21.7. The first-order valence-electron chi connectivity index (χ1n) is 9.91. The fourth-order valence-corrected chi connectivity index (χ4v) is 3.39. The third-order valence-corrected chi connectivity index (χ3v) is 5.15. The van der Waals surface area contributed by atoms with Gasteiger partial charge >= 0.3 is 0 Å². The van der Waals surface area contributed by atoms with Gasteiger partial charge in [-0.1, -0.05) is 12.1 Å². The van der Waals surface area contributed by atoms with Gasteiger partial charge in [-0.25, -0.2) is 4.39 Å². The van der Waals surface area contributed by atoms with E-state index in [4.69, 9.17) is 4.74 Å². The van der Waals surface area contributed by atoms with Crippen molar-refractivity contribution in [1.82, 2.24) is 9.80 Å². The summed E-state index contributed by atoms with van der Waals surface area (Å²) < 4.78 is 18.4. The maximum atomic E-state index is 13.2. The smallest absolute Gasteiger partial charge is 0.241 e. The van der Waals surface area contributed by atoms with Gasteiger partial charge < -0.3 is 15.4 Å². The number of benzene rings is 2. The molecule has 1 atom stereocenters. The predicted molar refractivity (Wildman–Crippen MR) is 114 cm³/mol. The zero-order chi connectivity index (χ0) is 21.5. The maximum absolute atomic E-state index is 13.2. The molecule has 0 aromatic heterocycles. The number of ether oxygens (including phenoxy) is 1. The summed E-state index contributed by atoms with van der Waals surface area (Å²) in [5.74, 6) is 0.0339. The van der Waals surface area contributed by atoms with Crippen LogP contribution in [0.1, 0.15) is 6.92 Å². The van der Waals surface area contributed by atoms with Gasteiger partial charge in [0.2, 0.25) is 11.8 Å². The van der Waals surface area contributed by atoms with Crippen LogP contribution in [0.3, 0.4) is 0 Å². The monoisotopic (exact) mass is 414 g/mol. The quantitative estimate of drug-likeness (QED) is 0.728. The maximum Gasteiger partial charge on any atom is 0.241 e. The van der Waals surface area contributed by atoms with Crippen LogP contribution in [-0.2, 0) is 9.59 Å². The Morgan fingerprint density at radius 1 is 1.03 bits per heavy atom. The van der Waals surface area contributed by atoms with Gasteiger partial charge in [-0.3, -0.25) is 19.4 Å². The number of hydrogen-bond acceptors (Lipinski definition) is 5. The minimum atomic E-state index is -0.386. The molecule has 0 radical (unpaired) electrons. The summed E-state index contributed by atoms with van der Waals surface area (Å²) in [5.41, 5.74) is 1.14. The van der Waals surface area contributed by atoms with Crippen LogP contribution in [0.2, 0.25) is 0 Å². The van der Waals surface area contributed by atoms with Crippen molar-refractivity contribution in [3.8, 4) is 5.75 Å². The Balaban J connectivity index is 1.44. The van der Waals surface area contributed by atoms with E-state index in [1.807, 2.05) is 30.0 Å². The molecule has 1 heterocycles. The minimum Gasteiger partial charge on any atom is -0.497 e. The van der Waals surface area contributed by atoms with Gasteiger partial charge in [-0.15, -0.1) is 0 Å². The number of carbonyl (C=O) groups excluding carboxylic acids is 2. The van der Waals surface area contributed by atoms with E-state index in [1.54, 1.807) is 25.3 Å². The number of piperazine rings is 1. The molecule has 0 spiro atoms. The molecule has 2 amide bonds. The van der Waals surface area contributed by atoms with E-state index in [0.29, 0.717) is 43.3 Å². The highest BCUT2D eigenvalue weighted by molar-refractivity contribution is 5.94. The molecule has 160 valence electrons. The zero-order valence-corrected chi connectivity index (χ0v) is 17.2. The molecule has 0 unspecified atom stereocenters. The third-order valence-electron chi connectivity index (χ3n) is 5.15. The Hall–Kier alpha value is -2.97. The van der Waals surface area contributed by atoms with E-state index in [0.717, 1.165) is 0 Å². The number of halogens is 1. The second-order valence-corrected chi connectivity index (χ2v) is 7.27. The first-order valence-corrected chi connectivity index (χ1v) is 9.91. The van der Waals surface area contributed by atoms with Crippen LogP contribution in [0.5, 0.6) is 5.75 Å². The van der Waals surface area contributed by atoms with E-state index in [1.165, 1.54) is 12.1 Å². The second kappa shape index (κ2) is 10.2. The summed E-state index contributed by atoms with van der Waals surface area (Å²) in [5, 5.41) is 5.63. The zero-order valence-electron chi connectivity index (χ0n) is 17.2. The van der Waals surface area contributed by atoms with Crippen LogP contribution < -0.4 is 15.4 Å². The predicted octanol–water partition coefficient (Wildman–Crippen LogP) is 2.42. The van der Waals surface area contributed by atoms with Gasteiger partial charge in [0.25, 0.3) is 0 Å². The number of nitrogens with zero attached hydrogens (tertiary/aromatic N) is 2. The van der Waals surface area contributed by atoms with E-state index < -0.39 is 0 Å². The van der Waals surface area contributed by atoms with E-state index >= 15 is 0 Å². The molecule has 1 fully saturated rings. The lowest BCUT2D eigenvalue weighted by Crippen LogP contribution is -2.53. The van der Waals surface area contributed by atoms with Crippen molar-refractivity contribution in [1.29, 1.82) is 0 Å². The number of nitrogens with one attached hydrogen (secondary N) is 2. The number of anilines is 2.